The van der Waals surface area contributed by atoms with Crippen molar-refractivity contribution in [1.29, 1.82) is 0 Å². The molecule has 0 aromatic heterocycles. The van der Waals surface area contributed by atoms with Crippen molar-refractivity contribution in [3.63, 3.8) is 0 Å². The SMILES string of the molecule is COCCCOc1cc(C(=O)N(C(C)C)C2CC[C@H](CC(=O)O)N(C(=O)OC(C)(C)C)C2)ccc1OC. The number of amides is 2. The third kappa shape index (κ3) is 8.80. The molecule has 1 unspecified atom stereocenters. The molecule has 0 spiro atoms. The van der Waals surface area contributed by atoms with Gasteiger partial charge in [-0.15, -0.1) is 0 Å². The second kappa shape index (κ2) is 13.5. The Labute approximate surface area is 219 Å². The van der Waals surface area contributed by atoms with Crippen molar-refractivity contribution >= 4 is 18.0 Å². The number of methoxy groups -OCH3 is 2. The fourth-order valence-electron chi connectivity index (χ4n) is 4.47. The van der Waals surface area contributed by atoms with Gasteiger partial charge in [0.1, 0.15) is 5.60 Å². The van der Waals surface area contributed by atoms with E-state index in [1.807, 2.05) is 13.8 Å². The Morgan fingerprint density at radius 3 is 2.38 bits per heavy atom. The van der Waals surface area contributed by atoms with Crippen LogP contribution in [0.25, 0.3) is 0 Å². The number of hydrogen-bond donors (Lipinski definition) is 1. The first-order chi connectivity index (χ1) is 17.4. The van der Waals surface area contributed by atoms with E-state index in [9.17, 15) is 19.5 Å². The Bertz CT molecular complexity index is 927. The zero-order valence-corrected chi connectivity index (χ0v) is 23.1. The van der Waals surface area contributed by atoms with Crippen LogP contribution in [0.2, 0.25) is 0 Å². The van der Waals surface area contributed by atoms with E-state index in [0.717, 1.165) is 0 Å². The molecule has 1 saturated heterocycles. The van der Waals surface area contributed by atoms with E-state index in [-0.39, 0.29) is 31.0 Å². The van der Waals surface area contributed by atoms with E-state index in [4.69, 9.17) is 18.9 Å². The second-order valence-electron chi connectivity index (χ2n) is 10.5. The topological polar surface area (TPSA) is 115 Å². The molecule has 1 heterocycles. The Morgan fingerprint density at radius 1 is 1.11 bits per heavy atom. The molecule has 10 nitrogen and oxygen atoms in total. The minimum Gasteiger partial charge on any atom is -0.493 e. The molecule has 1 aromatic rings. The summed E-state index contributed by atoms with van der Waals surface area (Å²) in [5, 5.41) is 9.39. The Hall–Kier alpha value is -3.01. The van der Waals surface area contributed by atoms with Gasteiger partial charge in [0, 0.05) is 44.3 Å². The molecule has 1 N–H and O–H groups in total. The highest BCUT2D eigenvalue weighted by Gasteiger charge is 2.39. The molecule has 1 aliphatic rings. The summed E-state index contributed by atoms with van der Waals surface area (Å²) >= 11 is 0. The summed E-state index contributed by atoms with van der Waals surface area (Å²) in [5.41, 5.74) is -0.290. The molecule has 2 rings (SSSR count). The highest BCUT2D eigenvalue weighted by Crippen LogP contribution is 2.31. The minimum absolute atomic E-state index is 0.165. The number of nitrogens with zero attached hydrogens (tertiary/aromatic N) is 2. The lowest BCUT2D eigenvalue weighted by Gasteiger charge is -2.45. The molecule has 0 saturated carbocycles. The first-order valence-corrected chi connectivity index (χ1v) is 12.7. The van der Waals surface area contributed by atoms with Crippen molar-refractivity contribution in [2.75, 3.05) is 34.0 Å². The quantitative estimate of drug-likeness (QED) is 0.430. The zero-order chi connectivity index (χ0) is 27.8. The molecule has 208 valence electrons. The number of benzene rings is 1. The van der Waals surface area contributed by atoms with Gasteiger partial charge >= 0.3 is 12.1 Å². The normalized spacial score (nSPS) is 17.9. The maximum Gasteiger partial charge on any atom is 0.410 e. The Morgan fingerprint density at radius 2 is 1.81 bits per heavy atom. The van der Waals surface area contributed by atoms with Crippen LogP contribution in [0, 0.1) is 0 Å². The van der Waals surface area contributed by atoms with E-state index in [0.29, 0.717) is 49.5 Å². The van der Waals surface area contributed by atoms with E-state index >= 15 is 0 Å². The zero-order valence-electron chi connectivity index (χ0n) is 23.1. The van der Waals surface area contributed by atoms with Crippen molar-refractivity contribution in [3.8, 4) is 11.5 Å². The van der Waals surface area contributed by atoms with Gasteiger partial charge in [-0.3, -0.25) is 9.59 Å². The van der Waals surface area contributed by atoms with Crippen LogP contribution >= 0.6 is 0 Å². The lowest BCUT2D eigenvalue weighted by molar-refractivity contribution is -0.138. The van der Waals surface area contributed by atoms with Crippen LogP contribution < -0.4 is 9.47 Å². The standard InChI is InChI=1S/C27H42N2O8/c1-18(2)29(25(32)19-9-12-22(35-7)23(15-19)36-14-8-13-34-6)21-11-10-20(16-24(30)31)28(17-21)26(33)37-27(3,4)5/h9,12,15,18,20-21H,8,10-11,13-14,16-17H2,1-7H3,(H,30,31)/t20-,21?/m1/s1. The van der Waals surface area contributed by atoms with Crippen molar-refractivity contribution in [2.24, 2.45) is 0 Å². The van der Waals surface area contributed by atoms with Crippen LogP contribution in [0.5, 0.6) is 11.5 Å². The van der Waals surface area contributed by atoms with Crippen LogP contribution in [0.4, 0.5) is 4.79 Å². The molecule has 0 radical (unpaired) electrons. The minimum atomic E-state index is -0.981. The summed E-state index contributed by atoms with van der Waals surface area (Å²) < 4.78 is 21.9. The van der Waals surface area contributed by atoms with E-state index in [2.05, 4.69) is 0 Å². The smallest absolute Gasteiger partial charge is 0.410 e. The molecule has 37 heavy (non-hydrogen) atoms. The van der Waals surface area contributed by atoms with Crippen molar-refractivity contribution in [1.82, 2.24) is 9.80 Å². The summed E-state index contributed by atoms with van der Waals surface area (Å²) in [6.07, 6.45) is 0.955. The summed E-state index contributed by atoms with van der Waals surface area (Å²) in [7, 11) is 3.17. The number of rotatable bonds is 11. The van der Waals surface area contributed by atoms with E-state index in [1.54, 1.807) is 58.1 Å². The maximum atomic E-state index is 13.8. The number of hydrogen-bond acceptors (Lipinski definition) is 7. The second-order valence-corrected chi connectivity index (χ2v) is 10.5. The van der Waals surface area contributed by atoms with Crippen LogP contribution in [-0.2, 0) is 14.3 Å². The highest BCUT2D eigenvalue weighted by atomic mass is 16.6. The lowest BCUT2D eigenvalue weighted by atomic mass is 9.94. The van der Waals surface area contributed by atoms with E-state index < -0.39 is 23.7 Å². The Balaban J connectivity index is 2.30. The van der Waals surface area contributed by atoms with Gasteiger partial charge in [-0.1, -0.05) is 0 Å². The monoisotopic (exact) mass is 522 g/mol. The molecular weight excluding hydrogens is 480 g/mol. The molecule has 0 aliphatic carbocycles. The summed E-state index contributed by atoms with van der Waals surface area (Å²) in [6.45, 7) is 10.3. The predicted molar refractivity (Wildman–Crippen MR) is 138 cm³/mol. The number of carbonyl (C=O) groups excluding carboxylic acids is 2. The third-order valence-corrected chi connectivity index (χ3v) is 6.06. The van der Waals surface area contributed by atoms with Crippen LogP contribution in [0.1, 0.15) is 70.7 Å². The Kier molecular flexibility index (Phi) is 11.0. The summed E-state index contributed by atoms with van der Waals surface area (Å²) in [4.78, 5) is 41.5. The molecule has 2 atom stereocenters. The van der Waals surface area contributed by atoms with Crippen molar-refractivity contribution in [3.05, 3.63) is 23.8 Å². The van der Waals surface area contributed by atoms with E-state index in [1.165, 1.54) is 4.90 Å². The summed E-state index contributed by atoms with van der Waals surface area (Å²) in [6, 6.07) is 4.10. The largest absolute Gasteiger partial charge is 0.493 e. The van der Waals surface area contributed by atoms with Crippen LogP contribution in [0.3, 0.4) is 0 Å². The van der Waals surface area contributed by atoms with Crippen LogP contribution in [-0.4, -0.2) is 90.6 Å². The molecule has 1 aliphatic heterocycles. The van der Waals surface area contributed by atoms with Gasteiger partial charge in [0.05, 0.1) is 26.2 Å². The number of carboxylic acid groups (broad SMARTS) is 1. The molecule has 10 heteroatoms. The number of ether oxygens (including phenoxy) is 4. The third-order valence-electron chi connectivity index (χ3n) is 6.06. The molecule has 0 bridgehead atoms. The molecule has 1 aromatic carbocycles. The van der Waals surface area contributed by atoms with Gasteiger partial charge in [-0.2, -0.15) is 0 Å². The molecule has 2 amide bonds. The van der Waals surface area contributed by atoms with Gasteiger partial charge in [-0.25, -0.2) is 4.79 Å². The maximum absolute atomic E-state index is 13.8. The van der Waals surface area contributed by atoms with Gasteiger partial charge in [0.15, 0.2) is 11.5 Å². The average Bonchev–Trinajstić information content (AvgIpc) is 2.81. The summed E-state index contributed by atoms with van der Waals surface area (Å²) in [5.74, 6) is -0.195. The number of carboxylic acids is 1. The van der Waals surface area contributed by atoms with Gasteiger partial charge in [-0.05, 0) is 65.7 Å². The number of likely N-dealkylation sites (tertiary alicyclic amines) is 1. The number of piperidine rings is 1. The van der Waals surface area contributed by atoms with Crippen molar-refractivity contribution < 1.29 is 38.4 Å². The van der Waals surface area contributed by atoms with Crippen LogP contribution in [0.15, 0.2) is 18.2 Å². The predicted octanol–water partition coefficient (Wildman–Crippen LogP) is 4.20. The first kappa shape index (κ1) is 30.2. The first-order valence-electron chi connectivity index (χ1n) is 12.7. The fraction of sp³-hybridized carbons (Fsp3) is 0.667. The fourth-order valence-corrected chi connectivity index (χ4v) is 4.47. The van der Waals surface area contributed by atoms with Gasteiger partial charge < -0.3 is 33.9 Å². The average molecular weight is 523 g/mol. The van der Waals surface area contributed by atoms with Gasteiger partial charge in [0.25, 0.3) is 5.91 Å². The van der Waals surface area contributed by atoms with Crippen molar-refractivity contribution in [2.45, 2.75) is 84.0 Å². The number of carbonyl (C=O) groups is 3. The highest BCUT2D eigenvalue weighted by molar-refractivity contribution is 5.95. The van der Waals surface area contributed by atoms with Gasteiger partial charge in [0.2, 0.25) is 0 Å². The molecule has 1 fully saturated rings. The molecular formula is C27H42N2O8. The number of aliphatic carboxylic acids is 1. The lowest BCUT2D eigenvalue weighted by Crippen LogP contribution is -2.57.